The summed E-state index contributed by atoms with van der Waals surface area (Å²) in [5.41, 5.74) is 1.45. The van der Waals surface area contributed by atoms with Crippen LogP contribution in [0.1, 0.15) is 11.6 Å². The van der Waals surface area contributed by atoms with E-state index in [1.165, 1.54) is 5.56 Å². The highest BCUT2D eigenvalue weighted by atomic mass is 32.1. The van der Waals surface area contributed by atoms with Gasteiger partial charge in [0, 0.05) is 25.7 Å². The van der Waals surface area contributed by atoms with Crippen LogP contribution in [0.4, 0.5) is 0 Å². The van der Waals surface area contributed by atoms with Gasteiger partial charge in [0.25, 0.3) is 0 Å². The third-order valence-electron chi connectivity index (χ3n) is 2.44. The molecule has 0 aromatic carbocycles. The van der Waals surface area contributed by atoms with Crippen LogP contribution in [0, 0.1) is 0 Å². The summed E-state index contributed by atoms with van der Waals surface area (Å²) in [4.78, 5) is 2.42. The van der Waals surface area contributed by atoms with Gasteiger partial charge < -0.3 is 5.32 Å². The van der Waals surface area contributed by atoms with E-state index in [2.05, 4.69) is 34.1 Å². The summed E-state index contributed by atoms with van der Waals surface area (Å²) in [5, 5.41) is 7.81. The zero-order valence-corrected chi connectivity index (χ0v) is 8.10. The Kier molecular flexibility index (Phi) is 2.44. The summed E-state index contributed by atoms with van der Waals surface area (Å²) in [6.07, 6.45) is 0. The average Bonchev–Trinajstić information content (AvgIpc) is 2.57. The molecule has 0 aliphatic carbocycles. The quantitative estimate of drug-likeness (QED) is 0.705. The number of likely N-dealkylation sites (N-methyl/N-ethyl adjacent to an activating group) is 1. The normalized spacial score (nSPS) is 25.9. The Morgan fingerprint density at radius 2 is 2.58 bits per heavy atom. The molecule has 1 N–H and O–H groups in total. The molecule has 1 saturated heterocycles. The summed E-state index contributed by atoms with van der Waals surface area (Å²) in [5.74, 6) is 0. The zero-order valence-electron chi connectivity index (χ0n) is 7.29. The summed E-state index contributed by atoms with van der Waals surface area (Å²) in [6.45, 7) is 3.37. The topological polar surface area (TPSA) is 15.3 Å². The van der Waals surface area contributed by atoms with E-state index in [1.807, 2.05) is 0 Å². The van der Waals surface area contributed by atoms with Gasteiger partial charge in [0.2, 0.25) is 0 Å². The number of hydrogen-bond donors (Lipinski definition) is 1. The smallest absolute Gasteiger partial charge is 0.0478 e. The lowest BCUT2D eigenvalue weighted by molar-refractivity contribution is 0.203. The Morgan fingerprint density at radius 3 is 3.25 bits per heavy atom. The van der Waals surface area contributed by atoms with Crippen molar-refractivity contribution >= 4 is 11.3 Å². The van der Waals surface area contributed by atoms with Crippen LogP contribution in [0.15, 0.2) is 16.8 Å². The highest BCUT2D eigenvalue weighted by Crippen LogP contribution is 2.22. The molecule has 2 nitrogen and oxygen atoms in total. The number of hydrogen-bond acceptors (Lipinski definition) is 3. The molecule has 66 valence electrons. The molecular formula is C9H14N2S. The molecule has 1 unspecified atom stereocenters. The van der Waals surface area contributed by atoms with Gasteiger partial charge in [-0.2, -0.15) is 11.3 Å². The molecule has 1 atom stereocenters. The second-order valence-corrected chi connectivity index (χ2v) is 4.04. The second kappa shape index (κ2) is 3.56. The van der Waals surface area contributed by atoms with Gasteiger partial charge in [-0.25, -0.2) is 0 Å². The first-order valence-electron chi connectivity index (χ1n) is 4.31. The lowest BCUT2D eigenvalue weighted by Crippen LogP contribution is -2.43. The molecule has 1 aliphatic heterocycles. The van der Waals surface area contributed by atoms with E-state index >= 15 is 0 Å². The molecule has 1 fully saturated rings. The Morgan fingerprint density at radius 1 is 1.67 bits per heavy atom. The van der Waals surface area contributed by atoms with Crippen LogP contribution in [-0.2, 0) is 0 Å². The fourth-order valence-electron chi connectivity index (χ4n) is 1.64. The lowest BCUT2D eigenvalue weighted by Gasteiger charge is -2.32. The molecule has 0 spiro atoms. The first kappa shape index (κ1) is 8.23. The van der Waals surface area contributed by atoms with Gasteiger partial charge in [-0.15, -0.1) is 0 Å². The van der Waals surface area contributed by atoms with Gasteiger partial charge in [-0.1, -0.05) is 0 Å². The molecule has 1 aromatic rings. The van der Waals surface area contributed by atoms with Crippen LogP contribution >= 0.6 is 11.3 Å². The van der Waals surface area contributed by atoms with Gasteiger partial charge in [0.1, 0.15) is 0 Å². The summed E-state index contributed by atoms with van der Waals surface area (Å²) < 4.78 is 0. The standard InChI is InChI=1S/C9H14N2S/c1-11-4-3-10-6-9(11)8-2-5-12-7-8/h2,5,7,9-10H,3-4,6H2,1H3. The van der Waals surface area contributed by atoms with Crippen molar-refractivity contribution in [3.63, 3.8) is 0 Å². The highest BCUT2D eigenvalue weighted by molar-refractivity contribution is 7.07. The number of piperazine rings is 1. The van der Waals surface area contributed by atoms with Gasteiger partial charge in [0.15, 0.2) is 0 Å². The fourth-order valence-corrected chi connectivity index (χ4v) is 2.35. The molecule has 0 radical (unpaired) electrons. The van der Waals surface area contributed by atoms with Gasteiger partial charge in [-0.05, 0) is 29.4 Å². The summed E-state index contributed by atoms with van der Waals surface area (Å²) in [6, 6.07) is 2.81. The van der Waals surface area contributed by atoms with Crippen LogP contribution in [0.25, 0.3) is 0 Å². The Balaban J connectivity index is 2.11. The third-order valence-corrected chi connectivity index (χ3v) is 3.14. The molecule has 3 heteroatoms. The lowest BCUT2D eigenvalue weighted by atomic mass is 10.1. The maximum atomic E-state index is 3.42. The molecule has 2 heterocycles. The SMILES string of the molecule is CN1CCNCC1c1ccsc1. The van der Waals surface area contributed by atoms with Crippen molar-refractivity contribution in [2.24, 2.45) is 0 Å². The van der Waals surface area contributed by atoms with E-state index in [4.69, 9.17) is 0 Å². The molecule has 0 amide bonds. The Hall–Kier alpha value is -0.380. The minimum Gasteiger partial charge on any atom is -0.314 e. The van der Waals surface area contributed by atoms with Gasteiger partial charge in [-0.3, -0.25) is 4.90 Å². The van der Waals surface area contributed by atoms with Crippen LogP contribution in [0.3, 0.4) is 0 Å². The first-order valence-corrected chi connectivity index (χ1v) is 5.25. The largest absolute Gasteiger partial charge is 0.314 e. The van der Waals surface area contributed by atoms with E-state index in [9.17, 15) is 0 Å². The number of thiophene rings is 1. The van der Waals surface area contributed by atoms with E-state index in [0.29, 0.717) is 6.04 Å². The molecule has 1 aliphatic rings. The molecule has 0 bridgehead atoms. The molecule has 1 aromatic heterocycles. The Labute approximate surface area is 77.2 Å². The number of nitrogens with one attached hydrogen (secondary N) is 1. The van der Waals surface area contributed by atoms with E-state index in [1.54, 1.807) is 11.3 Å². The predicted molar refractivity (Wildman–Crippen MR) is 52.6 cm³/mol. The van der Waals surface area contributed by atoms with Crippen molar-refractivity contribution < 1.29 is 0 Å². The van der Waals surface area contributed by atoms with Gasteiger partial charge in [0.05, 0.1) is 0 Å². The van der Waals surface area contributed by atoms with E-state index < -0.39 is 0 Å². The van der Waals surface area contributed by atoms with Crippen molar-refractivity contribution in [1.29, 1.82) is 0 Å². The van der Waals surface area contributed by atoms with Gasteiger partial charge >= 0.3 is 0 Å². The van der Waals surface area contributed by atoms with Crippen molar-refractivity contribution in [3.8, 4) is 0 Å². The van der Waals surface area contributed by atoms with Crippen molar-refractivity contribution in [3.05, 3.63) is 22.4 Å². The number of rotatable bonds is 1. The monoisotopic (exact) mass is 182 g/mol. The Bertz CT molecular complexity index is 233. The van der Waals surface area contributed by atoms with Crippen molar-refractivity contribution in [1.82, 2.24) is 10.2 Å². The van der Waals surface area contributed by atoms with E-state index in [-0.39, 0.29) is 0 Å². The van der Waals surface area contributed by atoms with Crippen molar-refractivity contribution in [2.75, 3.05) is 26.7 Å². The number of nitrogens with zero attached hydrogens (tertiary/aromatic N) is 1. The zero-order chi connectivity index (χ0) is 8.39. The average molecular weight is 182 g/mol. The van der Waals surface area contributed by atoms with Crippen molar-refractivity contribution in [2.45, 2.75) is 6.04 Å². The van der Waals surface area contributed by atoms with Crippen LogP contribution in [-0.4, -0.2) is 31.6 Å². The van der Waals surface area contributed by atoms with Crippen LogP contribution in [0.5, 0.6) is 0 Å². The minimum absolute atomic E-state index is 0.588. The third kappa shape index (κ3) is 1.53. The summed E-state index contributed by atoms with van der Waals surface area (Å²) >= 11 is 1.78. The van der Waals surface area contributed by atoms with E-state index in [0.717, 1.165) is 19.6 Å². The highest BCUT2D eigenvalue weighted by Gasteiger charge is 2.19. The molecule has 2 rings (SSSR count). The van der Waals surface area contributed by atoms with Crippen LogP contribution < -0.4 is 5.32 Å². The second-order valence-electron chi connectivity index (χ2n) is 3.26. The predicted octanol–water partition coefficient (Wildman–Crippen LogP) is 1.32. The fraction of sp³-hybridized carbons (Fsp3) is 0.556. The summed E-state index contributed by atoms with van der Waals surface area (Å²) in [7, 11) is 2.20. The molecular weight excluding hydrogens is 168 g/mol. The maximum absolute atomic E-state index is 3.42. The molecule has 0 saturated carbocycles. The molecule has 12 heavy (non-hydrogen) atoms. The van der Waals surface area contributed by atoms with Crippen LogP contribution in [0.2, 0.25) is 0 Å². The minimum atomic E-state index is 0.588. The maximum Gasteiger partial charge on any atom is 0.0478 e. The first-order chi connectivity index (χ1) is 5.88.